The van der Waals surface area contributed by atoms with Gasteiger partial charge in [0, 0.05) is 6.54 Å². The third-order valence-electron chi connectivity index (χ3n) is 2.59. The first-order valence-corrected chi connectivity index (χ1v) is 5.53. The van der Waals surface area contributed by atoms with Gasteiger partial charge in [-0.2, -0.15) is 13.2 Å². The molecule has 0 saturated heterocycles. The zero-order valence-corrected chi connectivity index (χ0v) is 9.57. The number of nitrogen functional groups attached to an aromatic ring is 1. The first-order chi connectivity index (χ1) is 7.88. The van der Waals surface area contributed by atoms with Crippen LogP contribution in [-0.2, 0) is 6.18 Å². The molecule has 0 aliphatic heterocycles. The average Bonchev–Trinajstić information content (AvgIpc) is 3.01. The molecule has 0 spiro atoms. The van der Waals surface area contributed by atoms with Crippen molar-refractivity contribution in [3.8, 4) is 0 Å². The number of halogens is 4. The van der Waals surface area contributed by atoms with Crippen molar-refractivity contribution in [2.45, 2.75) is 19.0 Å². The van der Waals surface area contributed by atoms with E-state index in [0.717, 1.165) is 18.9 Å². The molecule has 3 N–H and O–H groups in total. The van der Waals surface area contributed by atoms with Crippen molar-refractivity contribution in [1.82, 2.24) is 4.98 Å². The molecule has 0 bridgehead atoms. The second-order valence-corrected chi connectivity index (χ2v) is 4.46. The monoisotopic (exact) mass is 265 g/mol. The van der Waals surface area contributed by atoms with Crippen LogP contribution in [0.25, 0.3) is 0 Å². The molecule has 2 rings (SSSR count). The van der Waals surface area contributed by atoms with E-state index in [1.54, 1.807) is 0 Å². The van der Waals surface area contributed by atoms with E-state index in [0.29, 0.717) is 12.5 Å². The Kier molecular flexibility index (Phi) is 3.07. The molecular formula is C10H11ClF3N3. The van der Waals surface area contributed by atoms with Crippen LogP contribution in [0.4, 0.5) is 24.7 Å². The number of alkyl halides is 3. The van der Waals surface area contributed by atoms with Crippen LogP contribution in [0, 0.1) is 5.92 Å². The summed E-state index contributed by atoms with van der Waals surface area (Å²) in [5.41, 5.74) is 4.09. The summed E-state index contributed by atoms with van der Waals surface area (Å²) in [5, 5.41) is 2.59. The largest absolute Gasteiger partial charge is 0.418 e. The van der Waals surface area contributed by atoms with Crippen LogP contribution in [0.2, 0.25) is 5.15 Å². The van der Waals surface area contributed by atoms with Gasteiger partial charge in [0.2, 0.25) is 0 Å². The molecule has 1 aromatic heterocycles. The van der Waals surface area contributed by atoms with Crippen molar-refractivity contribution in [2.75, 3.05) is 17.6 Å². The molecular weight excluding hydrogens is 255 g/mol. The molecule has 0 atom stereocenters. The number of aromatic nitrogens is 1. The van der Waals surface area contributed by atoms with Crippen LogP contribution >= 0.6 is 11.6 Å². The van der Waals surface area contributed by atoms with Crippen molar-refractivity contribution < 1.29 is 13.2 Å². The van der Waals surface area contributed by atoms with E-state index in [2.05, 4.69) is 10.3 Å². The third-order valence-corrected chi connectivity index (χ3v) is 2.78. The normalized spacial score (nSPS) is 16.0. The van der Waals surface area contributed by atoms with Crippen LogP contribution in [0.5, 0.6) is 0 Å². The van der Waals surface area contributed by atoms with E-state index in [1.165, 1.54) is 0 Å². The molecule has 1 fully saturated rings. The van der Waals surface area contributed by atoms with Gasteiger partial charge in [0.05, 0.1) is 11.3 Å². The molecule has 1 aliphatic rings. The lowest BCUT2D eigenvalue weighted by molar-refractivity contribution is -0.136. The Hall–Kier alpha value is -1.17. The highest BCUT2D eigenvalue weighted by Crippen LogP contribution is 2.38. The fraction of sp³-hybridized carbons (Fsp3) is 0.500. The molecule has 0 radical (unpaired) electrons. The van der Waals surface area contributed by atoms with Crippen LogP contribution < -0.4 is 11.1 Å². The number of hydrogen-bond donors (Lipinski definition) is 2. The Morgan fingerprint density at radius 2 is 2.12 bits per heavy atom. The number of nitrogens with two attached hydrogens (primary N) is 1. The van der Waals surface area contributed by atoms with Gasteiger partial charge in [-0.05, 0) is 24.8 Å². The maximum absolute atomic E-state index is 12.6. The number of hydrogen-bond acceptors (Lipinski definition) is 3. The molecule has 1 aromatic rings. The zero-order chi connectivity index (χ0) is 12.6. The van der Waals surface area contributed by atoms with Crippen LogP contribution in [0.15, 0.2) is 6.07 Å². The minimum absolute atomic E-state index is 0.0109. The summed E-state index contributed by atoms with van der Waals surface area (Å²) < 4.78 is 37.9. The van der Waals surface area contributed by atoms with Crippen molar-refractivity contribution in [1.29, 1.82) is 0 Å². The predicted octanol–water partition coefficient (Wildman–Crippen LogP) is 3.16. The molecule has 3 nitrogen and oxygen atoms in total. The molecule has 0 aromatic carbocycles. The standard InChI is InChI=1S/C10H11ClF3N3/c11-7-3-6(10(12,13)14)8(15)9(17-7)16-4-5-1-2-5/h3,5H,1-2,4,15H2,(H,16,17). The highest BCUT2D eigenvalue weighted by atomic mass is 35.5. The van der Waals surface area contributed by atoms with Gasteiger partial charge in [-0.1, -0.05) is 11.6 Å². The number of anilines is 2. The summed E-state index contributed by atoms with van der Waals surface area (Å²) in [5.74, 6) is 0.515. The van der Waals surface area contributed by atoms with Crippen molar-refractivity contribution in [2.24, 2.45) is 5.92 Å². The third kappa shape index (κ3) is 2.94. The average molecular weight is 266 g/mol. The van der Waals surface area contributed by atoms with E-state index in [4.69, 9.17) is 17.3 Å². The SMILES string of the molecule is Nc1c(C(F)(F)F)cc(Cl)nc1NCC1CC1. The number of nitrogens with one attached hydrogen (secondary N) is 1. The molecule has 1 heterocycles. The molecule has 1 saturated carbocycles. The van der Waals surface area contributed by atoms with Crippen LogP contribution in [0.1, 0.15) is 18.4 Å². The first-order valence-electron chi connectivity index (χ1n) is 5.15. The van der Waals surface area contributed by atoms with Gasteiger partial charge >= 0.3 is 6.18 Å². The fourth-order valence-electron chi connectivity index (χ4n) is 1.46. The summed E-state index contributed by atoms with van der Waals surface area (Å²) in [6.45, 7) is 0.578. The summed E-state index contributed by atoms with van der Waals surface area (Å²) in [4.78, 5) is 3.78. The zero-order valence-electron chi connectivity index (χ0n) is 8.81. The minimum Gasteiger partial charge on any atom is -0.395 e. The summed E-state index contributed by atoms with van der Waals surface area (Å²) in [7, 11) is 0. The lowest BCUT2D eigenvalue weighted by atomic mass is 10.2. The van der Waals surface area contributed by atoms with Gasteiger partial charge in [0.25, 0.3) is 0 Å². The molecule has 17 heavy (non-hydrogen) atoms. The maximum Gasteiger partial charge on any atom is 0.418 e. The topological polar surface area (TPSA) is 50.9 Å². The molecule has 1 aliphatic carbocycles. The Labute approximate surface area is 101 Å². The van der Waals surface area contributed by atoms with E-state index in [-0.39, 0.29) is 11.0 Å². The van der Waals surface area contributed by atoms with E-state index >= 15 is 0 Å². The summed E-state index contributed by atoms with van der Waals surface area (Å²) in [6.07, 6.45) is -2.36. The number of rotatable bonds is 3. The van der Waals surface area contributed by atoms with Crippen LogP contribution in [-0.4, -0.2) is 11.5 Å². The van der Waals surface area contributed by atoms with Gasteiger partial charge in [-0.3, -0.25) is 0 Å². The fourth-order valence-corrected chi connectivity index (χ4v) is 1.65. The minimum atomic E-state index is -4.52. The summed E-state index contributed by atoms with van der Waals surface area (Å²) >= 11 is 5.55. The molecule has 0 amide bonds. The van der Waals surface area contributed by atoms with Gasteiger partial charge in [-0.15, -0.1) is 0 Å². The lowest BCUT2D eigenvalue weighted by Gasteiger charge is -2.14. The smallest absolute Gasteiger partial charge is 0.395 e. The maximum atomic E-state index is 12.6. The number of pyridine rings is 1. The Morgan fingerprint density at radius 1 is 1.47 bits per heavy atom. The van der Waals surface area contributed by atoms with E-state index < -0.39 is 17.4 Å². The highest BCUT2D eigenvalue weighted by Gasteiger charge is 2.35. The summed E-state index contributed by atoms with van der Waals surface area (Å²) in [6, 6.07) is 0.735. The quantitative estimate of drug-likeness (QED) is 0.826. The van der Waals surface area contributed by atoms with Crippen molar-refractivity contribution in [3.63, 3.8) is 0 Å². The Bertz CT molecular complexity index is 430. The van der Waals surface area contributed by atoms with E-state index in [9.17, 15) is 13.2 Å². The Morgan fingerprint density at radius 3 is 2.65 bits per heavy atom. The van der Waals surface area contributed by atoms with Gasteiger partial charge in [0.15, 0.2) is 5.82 Å². The number of nitrogens with zero attached hydrogens (tertiary/aromatic N) is 1. The van der Waals surface area contributed by atoms with Crippen LogP contribution in [0.3, 0.4) is 0 Å². The Balaban J connectivity index is 2.27. The molecule has 0 unspecified atom stereocenters. The van der Waals surface area contributed by atoms with Gasteiger partial charge < -0.3 is 11.1 Å². The first kappa shape index (κ1) is 12.3. The second kappa shape index (κ2) is 4.25. The predicted molar refractivity (Wildman–Crippen MR) is 59.9 cm³/mol. The lowest BCUT2D eigenvalue weighted by Crippen LogP contribution is -2.14. The molecule has 94 valence electrons. The van der Waals surface area contributed by atoms with Crippen molar-refractivity contribution in [3.05, 3.63) is 16.8 Å². The molecule has 7 heteroatoms. The van der Waals surface area contributed by atoms with Gasteiger partial charge in [-0.25, -0.2) is 4.98 Å². The van der Waals surface area contributed by atoms with E-state index in [1.807, 2.05) is 0 Å². The second-order valence-electron chi connectivity index (χ2n) is 4.08. The van der Waals surface area contributed by atoms with Crippen molar-refractivity contribution >= 4 is 23.1 Å². The highest BCUT2D eigenvalue weighted by molar-refractivity contribution is 6.29. The van der Waals surface area contributed by atoms with Gasteiger partial charge in [0.1, 0.15) is 5.15 Å².